The van der Waals surface area contributed by atoms with E-state index in [0.717, 1.165) is 33.4 Å². The maximum absolute atomic E-state index is 11.6. The minimum Gasteiger partial charge on any atom is -0.508 e. The number of fused-ring (bicyclic) bond motifs is 3. The Hall–Kier alpha value is -2.58. The molecule has 22 heavy (non-hydrogen) atoms. The number of hydrogen-bond acceptors (Lipinski definition) is 2. The first-order valence-electron chi connectivity index (χ1n) is 7.33. The van der Waals surface area contributed by atoms with Crippen molar-refractivity contribution in [3.05, 3.63) is 89.0 Å². The molecule has 1 aliphatic rings. The van der Waals surface area contributed by atoms with Crippen molar-refractivity contribution in [1.29, 1.82) is 0 Å². The van der Waals surface area contributed by atoms with Gasteiger partial charge in [-0.15, -0.1) is 0 Å². The van der Waals surface area contributed by atoms with E-state index in [1.165, 1.54) is 0 Å². The third-order valence-electron chi connectivity index (χ3n) is 4.47. The van der Waals surface area contributed by atoms with Crippen LogP contribution in [0, 0.1) is 6.92 Å². The molecular weight excluding hydrogens is 272 g/mol. The van der Waals surface area contributed by atoms with E-state index in [4.69, 9.17) is 0 Å². The Bertz CT molecular complexity index is 865. The van der Waals surface area contributed by atoms with Gasteiger partial charge in [0, 0.05) is 11.1 Å². The minimum atomic E-state index is -1.22. The van der Waals surface area contributed by atoms with E-state index in [9.17, 15) is 10.2 Å². The number of phenols is 1. The molecule has 0 fully saturated rings. The van der Waals surface area contributed by atoms with E-state index in [1.54, 1.807) is 12.1 Å². The average Bonchev–Trinajstić information content (AvgIpc) is 2.79. The van der Waals surface area contributed by atoms with Crippen LogP contribution < -0.4 is 0 Å². The Kier molecular flexibility index (Phi) is 2.65. The summed E-state index contributed by atoms with van der Waals surface area (Å²) in [7, 11) is 0. The summed E-state index contributed by atoms with van der Waals surface area (Å²) in [6.07, 6.45) is 0. The van der Waals surface area contributed by atoms with Gasteiger partial charge in [-0.05, 0) is 35.7 Å². The molecule has 0 saturated heterocycles. The Balaban J connectivity index is 2.07. The van der Waals surface area contributed by atoms with E-state index >= 15 is 0 Å². The van der Waals surface area contributed by atoms with Crippen LogP contribution in [0.5, 0.6) is 5.75 Å². The molecule has 0 amide bonds. The van der Waals surface area contributed by atoms with E-state index < -0.39 is 5.60 Å². The highest BCUT2D eigenvalue weighted by molar-refractivity contribution is 5.82. The fraction of sp³-hybridized carbons (Fsp3) is 0.100. The van der Waals surface area contributed by atoms with E-state index in [1.807, 2.05) is 61.5 Å². The Morgan fingerprint density at radius 3 is 2.23 bits per heavy atom. The van der Waals surface area contributed by atoms with Crippen LogP contribution >= 0.6 is 0 Å². The quantitative estimate of drug-likeness (QED) is 0.711. The molecule has 0 saturated carbocycles. The number of aliphatic hydroxyl groups is 1. The molecular formula is C20H16O2. The summed E-state index contributed by atoms with van der Waals surface area (Å²) >= 11 is 0. The fourth-order valence-electron chi connectivity index (χ4n) is 3.35. The number of phenolic OH excluding ortho intramolecular Hbond substituents is 1. The molecule has 3 aromatic carbocycles. The van der Waals surface area contributed by atoms with Gasteiger partial charge in [0.05, 0.1) is 0 Å². The van der Waals surface area contributed by atoms with Crippen LogP contribution in [0.25, 0.3) is 11.1 Å². The maximum atomic E-state index is 11.6. The normalized spacial score (nSPS) is 18.8. The van der Waals surface area contributed by atoms with E-state index in [0.29, 0.717) is 0 Å². The van der Waals surface area contributed by atoms with Crippen LogP contribution in [-0.4, -0.2) is 10.2 Å². The van der Waals surface area contributed by atoms with Gasteiger partial charge in [0.25, 0.3) is 0 Å². The highest BCUT2D eigenvalue weighted by Crippen LogP contribution is 2.51. The second-order valence-electron chi connectivity index (χ2n) is 5.85. The number of rotatable bonds is 1. The molecule has 4 rings (SSSR count). The van der Waals surface area contributed by atoms with Crippen molar-refractivity contribution >= 4 is 0 Å². The van der Waals surface area contributed by atoms with Gasteiger partial charge in [0.15, 0.2) is 0 Å². The van der Waals surface area contributed by atoms with Gasteiger partial charge in [-0.25, -0.2) is 0 Å². The van der Waals surface area contributed by atoms with Gasteiger partial charge in [0.2, 0.25) is 0 Å². The van der Waals surface area contributed by atoms with Crippen molar-refractivity contribution < 1.29 is 10.2 Å². The molecule has 108 valence electrons. The van der Waals surface area contributed by atoms with Crippen LogP contribution in [0.1, 0.15) is 22.3 Å². The molecule has 2 heteroatoms. The van der Waals surface area contributed by atoms with Crippen molar-refractivity contribution in [2.45, 2.75) is 12.5 Å². The standard InChI is InChI=1S/C20H16O2/c1-13-6-8-14(9-7-13)20(22)18-5-3-2-4-16(18)17-11-10-15(21)12-19(17)20/h2-12,21-22H,1H3. The third-order valence-corrected chi connectivity index (χ3v) is 4.47. The number of aryl methyl sites for hydroxylation is 1. The zero-order valence-corrected chi connectivity index (χ0v) is 12.2. The van der Waals surface area contributed by atoms with Crippen molar-refractivity contribution in [3.63, 3.8) is 0 Å². The van der Waals surface area contributed by atoms with Gasteiger partial charge >= 0.3 is 0 Å². The Labute approximate surface area is 129 Å². The zero-order valence-electron chi connectivity index (χ0n) is 12.2. The first kappa shape index (κ1) is 13.1. The molecule has 0 aliphatic heterocycles. The SMILES string of the molecule is Cc1ccc(C2(O)c3ccccc3-c3ccc(O)cc32)cc1. The average molecular weight is 288 g/mol. The molecule has 0 aromatic heterocycles. The first-order chi connectivity index (χ1) is 10.6. The molecule has 0 bridgehead atoms. The fourth-order valence-corrected chi connectivity index (χ4v) is 3.35. The second kappa shape index (κ2) is 4.46. The van der Waals surface area contributed by atoms with Crippen molar-refractivity contribution in [3.8, 4) is 16.9 Å². The van der Waals surface area contributed by atoms with E-state index in [2.05, 4.69) is 0 Å². The van der Waals surface area contributed by atoms with Gasteiger partial charge < -0.3 is 10.2 Å². The van der Waals surface area contributed by atoms with Crippen molar-refractivity contribution in [2.75, 3.05) is 0 Å². The third kappa shape index (κ3) is 1.65. The molecule has 3 aromatic rings. The highest BCUT2D eigenvalue weighted by Gasteiger charge is 2.43. The van der Waals surface area contributed by atoms with Crippen LogP contribution in [0.2, 0.25) is 0 Å². The molecule has 1 aliphatic carbocycles. The monoisotopic (exact) mass is 288 g/mol. The number of aromatic hydroxyl groups is 1. The van der Waals surface area contributed by atoms with Crippen LogP contribution in [0.3, 0.4) is 0 Å². The van der Waals surface area contributed by atoms with Crippen LogP contribution in [0.15, 0.2) is 66.7 Å². The summed E-state index contributed by atoms with van der Waals surface area (Å²) < 4.78 is 0. The van der Waals surface area contributed by atoms with Crippen molar-refractivity contribution in [2.24, 2.45) is 0 Å². The lowest BCUT2D eigenvalue weighted by molar-refractivity contribution is 0.130. The zero-order chi connectivity index (χ0) is 15.3. The topological polar surface area (TPSA) is 40.5 Å². The largest absolute Gasteiger partial charge is 0.508 e. The summed E-state index contributed by atoms with van der Waals surface area (Å²) in [6.45, 7) is 2.02. The van der Waals surface area contributed by atoms with Gasteiger partial charge in [-0.3, -0.25) is 0 Å². The summed E-state index contributed by atoms with van der Waals surface area (Å²) in [5.41, 5.74) is 4.32. The van der Waals surface area contributed by atoms with Crippen LogP contribution in [0.4, 0.5) is 0 Å². The molecule has 2 N–H and O–H groups in total. The maximum Gasteiger partial charge on any atom is 0.141 e. The lowest BCUT2D eigenvalue weighted by atomic mass is 9.84. The molecule has 0 spiro atoms. The van der Waals surface area contributed by atoms with E-state index in [-0.39, 0.29) is 5.75 Å². The van der Waals surface area contributed by atoms with Crippen LogP contribution in [-0.2, 0) is 5.60 Å². The predicted molar refractivity (Wildman–Crippen MR) is 86.8 cm³/mol. The first-order valence-corrected chi connectivity index (χ1v) is 7.33. The van der Waals surface area contributed by atoms with Gasteiger partial charge in [0.1, 0.15) is 11.4 Å². The smallest absolute Gasteiger partial charge is 0.141 e. The number of benzene rings is 3. The summed E-state index contributed by atoms with van der Waals surface area (Å²) in [5.74, 6) is 0.164. The molecule has 0 radical (unpaired) electrons. The molecule has 1 unspecified atom stereocenters. The van der Waals surface area contributed by atoms with Crippen molar-refractivity contribution in [1.82, 2.24) is 0 Å². The minimum absolute atomic E-state index is 0.164. The number of hydrogen-bond donors (Lipinski definition) is 2. The second-order valence-corrected chi connectivity index (χ2v) is 5.85. The highest BCUT2D eigenvalue weighted by atomic mass is 16.3. The van der Waals surface area contributed by atoms with Gasteiger partial charge in [-0.2, -0.15) is 0 Å². The molecule has 1 atom stereocenters. The molecule has 2 nitrogen and oxygen atoms in total. The summed E-state index contributed by atoms with van der Waals surface area (Å²) in [6, 6.07) is 21.0. The summed E-state index contributed by atoms with van der Waals surface area (Å²) in [4.78, 5) is 0. The van der Waals surface area contributed by atoms with Gasteiger partial charge in [-0.1, -0.05) is 60.2 Å². The lowest BCUT2D eigenvalue weighted by Gasteiger charge is -2.26. The predicted octanol–water partition coefficient (Wildman–Crippen LogP) is 3.97. The molecule has 0 heterocycles. The lowest BCUT2D eigenvalue weighted by Crippen LogP contribution is -2.26. The Morgan fingerprint density at radius 2 is 1.45 bits per heavy atom. The summed E-state index contributed by atoms with van der Waals surface area (Å²) in [5, 5.41) is 21.5. The Morgan fingerprint density at radius 1 is 0.773 bits per heavy atom.